The molecule has 1 aromatic heterocycles. The van der Waals surface area contributed by atoms with Gasteiger partial charge in [-0.1, -0.05) is 0 Å². The number of hydrogen-bond donors (Lipinski definition) is 0. The Hall–Kier alpha value is -1.49. The third kappa shape index (κ3) is 2.33. The van der Waals surface area contributed by atoms with Gasteiger partial charge >= 0.3 is 0 Å². The quantitative estimate of drug-likeness (QED) is 0.857. The Morgan fingerprint density at radius 2 is 2.24 bits per heavy atom. The highest BCUT2D eigenvalue weighted by molar-refractivity contribution is 5.95. The lowest BCUT2D eigenvalue weighted by Gasteiger charge is -2.34. The Labute approximate surface area is 125 Å². The van der Waals surface area contributed by atoms with Gasteiger partial charge in [-0.3, -0.25) is 14.7 Å². The molecular weight excluding hydrogens is 269 g/mol. The predicted octanol–water partition coefficient (Wildman–Crippen LogP) is 2.31. The van der Waals surface area contributed by atoms with E-state index in [0.29, 0.717) is 12.1 Å². The van der Waals surface area contributed by atoms with Crippen LogP contribution in [-0.2, 0) is 0 Å². The average molecular weight is 291 g/mol. The van der Waals surface area contributed by atoms with Crippen LogP contribution in [0.25, 0.3) is 0 Å². The summed E-state index contributed by atoms with van der Waals surface area (Å²) in [7, 11) is 2.12. The minimum Gasteiger partial charge on any atom is -0.331 e. The Morgan fingerprint density at radius 3 is 2.90 bits per heavy atom. The van der Waals surface area contributed by atoms with Gasteiger partial charge in [-0.2, -0.15) is 0 Å². The molecule has 0 unspecified atom stereocenters. The number of carbonyl (C=O) groups is 1. The van der Waals surface area contributed by atoms with Crippen LogP contribution in [0.1, 0.15) is 43.5 Å². The molecule has 2 aliphatic heterocycles. The lowest BCUT2D eigenvalue weighted by atomic mass is 9.94. The molecule has 2 saturated heterocycles. The molecule has 0 N–H and O–H groups in total. The summed E-state index contributed by atoms with van der Waals surface area (Å²) in [6.45, 7) is 4.33. The lowest BCUT2D eigenvalue weighted by Crippen LogP contribution is -2.46. The number of carbonyl (C=O) groups excluding carboxylic acids is 1. The molecule has 4 nitrogen and oxygen atoms in total. The van der Waals surface area contributed by atoms with E-state index in [0.717, 1.165) is 25.5 Å². The number of halogens is 1. The van der Waals surface area contributed by atoms with Gasteiger partial charge in [-0.25, -0.2) is 4.39 Å². The van der Waals surface area contributed by atoms with Crippen LogP contribution in [-0.4, -0.2) is 51.9 Å². The van der Waals surface area contributed by atoms with Crippen LogP contribution in [0, 0.1) is 5.82 Å². The molecule has 114 valence electrons. The smallest absolute Gasteiger partial charge is 0.257 e. The molecule has 2 fully saturated rings. The summed E-state index contributed by atoms with van der Waals surface area (Å²) in [5, 5.41) is 0. The molecule has 5 heteroatoms. The summed E-state index contributed by atoms with van der Waals surface area (Å²) in [4.78, 5) is 20.7. The first-order valence-electron chi connectivity index (χ1n) is 7.64. The van der Waals surface area contributed by atoms with E-state index >= 15 is 0 Å². The maximum atomic E-state index is 13.8. The minimum absolute atomic E-state index is 0.148. The van der Waals surface area contributed by atoms with Crippen molar-refractivity contribution < 1.29 is 9.18 Å². The van der Waals surface area contributed by atoms with Crippen molar-refractivity contribution in [2.24, 2.45) is 0 Å². The maximum absolute atomic E-state index is 13.8. The van der Waals surface area contributed by atoms with Crippen LogP contribution in [0.15, 0.2) is 18.5 Å². The first kappa shape index (κ1) is 14.4. The molecule has 3 heterocycles. The van der Waals surface area contributed by atoms with E-state index in [1.54, 1.807) is 0 Å². The molecule has 3 rings (SSSR count). The molecule has 0 aliphatic carbocycles. The van der Waals surface area contributed by atoms with Gasteiger partial charge in [0.05, 0.1) is 11.8 Å². The van der Waals surface area contributed by atoms with E-state index in [-0.39, 0.29) is 23.6 Å². The summed E-state index contributed by atoms with van der Waals surface area (Å²) in [5.41, 5.74) is 0.148. The van der Waals surface area contributed by atoms with Gasteiger partial charge in [0.25, 0.3) is 5.91 Å². The number of hydrogen-bond acceptors (Lipinski definition) is 3. The number of likely N-dealkylation sites (N-methyl/N-ethyl adjacent to an activating group) is 1. The molecule has 0 radical (unpaired) electrons. The van der Waals surface area contributed by atoms with Crippen LogP contribution in [0.2, 0.25) is 0 Å². The Morgan fingerprint density at radius 1 is 1.48 bits per heavy atom. The molecule has 3 atom stereocenters. The lowest BCUT2D eigenvalue weighted by molar-refractivity contribution is 0.0689. The van der Waals surface area contributed by atoms with Crippen molar-refractivity contribution in [1.82, 2.24) is 14.8 Å². The number of nitrogens with zero attached hydrogens (tertiary/aromatic N) is 3. The van der Waals surface area contributed by atoms with Gasteiger partial charge in [0.1, 0.15) is 0 Å². The third-order valence-electron chi connectivity index (χ3n) is 5.08. The zero-order valence-electron chi connectivity index (χ0n) is 12.8. The summed E-state index contributed by atoms with van der Waals surface area (Å²) >= 11 is 0. The van der Waals surface area contributed by atoms with E-state index in [9.17, 15) is 9.18 Å². The van der Waals surface area contributed by atoms with Gasteiger partial charge in [0.2, 0.25) is 0 Å². The highest BCUT2D eigenvalue weighted by atomic mass is 19.1. The molecule has 1 aromatic rings. The van der Waals surface area contributed by atoms with E-state index in [1.165, 1.54) is 12.3 Å². The number of amides is 1. The highest BCUT2D eigenvalue weighted by Gasteiger charge is 2.50. The summed E-state index contributed by atoms with van der Waals surface area (Å²) in [6.07, 6.45) is 5.64. The first-order chi connectivity index (χ1) is 10.0. The molecule has 0 aromatic carbocycles. The van der Waals surface area contributed by atoms with E-state index in [2.05, 4.69) is 30.8 Å². The molecular formula is C16H22FN3O. The van der Waals surface area contributed by atoms with Crippen LogP contribution in [0.4, 0.5) is 4.39 Å². The van der Waals surface area contributed by atoms with Crippen LogP contribution in [0.5, 0.6) is 0 Å². The third-order valence-corrected chi connectivity index (χ3v) is 5.08. The van der Waals surface area contributed by atoms with Crippen LogP contribution < -0.4 is 0 Å². The van der Waals surface area contributed by atoms with Gasteiger partial charge in [-0.05, 0) is 46.2 Å². The number of pyridine rings is 1. The average Bonchev–Trinajstić information content (AvgIpc) is 3.03. The van der Waals surface area contributed by atoms with Crippen molar-refractivity contribution in [2.75, 3.05) is 7.05 Å². The fraction of sp³-hybridized carbons (Fsp3) is 0.625. The number of rotatable bonds is 3. The number of aromatic nitrogens is 1. The summed E-state index contributed by atoms with van der Waals surface area (Å²) < 4.78 is 13.8. The zero-order valence-corrected chi connectivity index (χ0v) is 12.8. The Kier molecular flexibility index (Phi) is 3.69. The summed E-state index contributed by atoms with van der Waals surface area (Å²) in [5.74, 6) is -0.704. The van der Waals surface area contributed by atoms with Gasteiger partial charge in [-0.15, -0.1) is 0 Å². The van der Waals surface area contributed by atoms with E-state index < -0.39 is 5.82 Å². The topological polar surface area (TPSA) is 36.4 Å². The second-order valence-corrected chi connectivity index (χ2v) is 6.43. The van der Waals surface area contributed by atoms with Crippen molar-refractivity contribution in [3.63, 3.8) is 0 Å². The van der Waals surface area contributed by atoms with Crippen molar-refractivity contribution >= 4 is 5.91 Å². The molecule has 0 saturated carbocycles. The van der Waals surface area contributed by atoms with Gasteiger partial charge in [0, 0.05) is 30.4 Å². The van der Waals surface area contributed by atoms with Crippen LogP contribution in [0.3, 0.4) is 0 Å². The number of fused-ring (bicyclic) bond motifs is 2. The second-order valence-electron chi connectivity index (χ2n) is 6.43. The largest absolute Gasteiger partial charge is 0.331 e. The van der Waals surface area contributed by atoms with Crippen molar-refractivity contribution in [3.05, 3.63) is 29.8 Å². The zero-order chi connectivity index (χ0) is 15.1. The minimum atomic E-state index is -0.525. The summed E-state index contributed by atoms with van der Waals surface area (Å²) in [6, 6.07) is 2.78. The van der Waals surface area contributed by atoms with Crippen molar-refractivity contribution in [2.45, 2.75) is 57.3 Å². The highest BCUT2D eigenvalue weighted by Crippen LogP contribution is 2.41. The SMILES string of the molecule is CC(C)N(C)[C@@H]1C[C@H]2CC[C@H]1N2C(=O)c1ccncc1F. The Balaban J connectivity index is 1.84. The van der Waals surface area contributed by atoms with Crippen molar-refractivity contribution in [3.8, 4) is 0 Å². The monoisotopic (exact) mass is 291 g/mol. The molecule has 2 bridgehead atoms. The molecule has 1 amide bonds. The second kappa shape index (κ2) is 5.37. The molecule has 0 spiro atoms. The van der Waals surface area contributed by atoms with Crippen LogP contribution >= 0.6 is 0 Å². The normalized spacial score (nSPS) is 27.9. The van der Waals surface area contributed by atoms with Gasteiger partial charge in [0.15, 0.2) is 5.82 Å². The maximum Gasteiger partial charge on any atom is 0.257 e. The fourth-order valence-electron chi connectivity index (χ4n) is 3.78. The first-order valence-corrected chi connectivity index (χ1v) is 7.64. The van der Waals surface area contributed by atoms with Gasteiger partial charge < -0.3 is 4.90 Å². The molecule has 21 heavy (non-hydrogen) atoms. The van der Waals surface area contributed by atoms with E-state index in [1.807, 2.05) is 4.90 Å². The van der Waals surface area contributed by atoms with E-state index in [4.69, 9.17) is 0 Å². The standard InChI is InChI=1S/C16H22FN3O/c1-10(2)19(3)15-8-11-4-5-14(15)20(11)16(21)12-6-7-18-9-13(12)17/h6-7,9-11,14-15H,4-5,8H2,1-3H3/t11-,14-,15-/m1/s1. The Bertz CT molecular complexity index is 548. The fourth-order valence-corrected chi connectivity index (χ4v) is 3.78. The predicted molar refractivity (Wildman–Crippen MR) is 78.5 cm³/mol. The van der Waals surface area contributed by atoms with Crippen molar-refractivity contribution in [1.29, 1.82) is 0 Å². The molecule has 2 aliphatic rings.